The highest BCUT2D eigenvalue weighted by Gasteiger charge is 2.34. The van der Waals surface area contributed by atoms with Crippen LogP contribution in [-0.4, -0.2) is 11.4 Å². The van der Waals surface area contributed by atoms with Crippen LogP contribution in [0.2, 0.25) is 0 Å². The molecule has 2 nitrogen and oxygen atoms in total. The Morgan fingerprint density at radius 2 is 2.04 bits per heavy atom. The zero-order valence-corrected chi connectivity index (χ0v) is 15.9. The molecule has 3 heteroatoms. The molecule has 0 saturated carbocycles. The summed E-state index contributed by atoms with van der Waals surface area (Å²) in [5.41, 5.74) is 13.5. The van der Waals surface area contributed by atoms with Crippen molar-refractivity contribution in [2.24, 2.45) is 5.92 Å². The first-order valence-electron chi connectivity index (χ1n) is 9.43. The monoisotopic (exact) mass is 360 g/mol. The number of hydrogen-bond acceptors (Lipinski definition) is 3. The van der Waals surface area contributed by atoms with Crippen LogP contribution in [0.1, 0.15) is 40.8 Å². The second-order valence-electron chi connectivity index (χ2n) is 7.80. The maximum atomic E-state index is 6.46. The quantitative estimate of drug-likeness (QED) is 0.782. The van der Waals surface area contributed by atoms with E-state index in [1.54, 1.807) is 11.3 Å². The number of hydrogen-bond donors (Lipinski definition) is 1. The molecule has 2 heterocycles. The number of allylic oxidation sites excluding steroid dienone is 5. The maximum absolute atomic E-state index is 6.46. The van der Waals surface area contributed by atoms with E-state index in [2.05, 4.69) is 66.5 Å². The van der Waals surface area contributed by atoms with Gasteiger partial charge in [-0.3, -0.25) is 4.90 Å². The van der Waals surface area contributed by atoms with E-state index in [-0.39, 0.29) is 0 Å². The Kier molecular flexibility index (Phi) is 3.87. The first-order chi connectivity index (χ1) is 12.7. The highest BCUT2D eigenvalue weighted by atomic mass is 32.1. The summed E-state index contributed by atoms with van der Waals surface area (Å²) in [6, 6.07) is 10.8. The Labute approximate surface area is 159 Å². The van der Waals surface area contributed by atoms with Crippen LogP contribution in [-0.2, 0) is 13.1 Å². The topological polar surface area (TPSA) is 29.3 Å². The average molecular weight is 361 g/mol. The molecule has 2 N–H and O–H groups in total. The summed E-state index contributed by atoms with van der Waals surface area (Å²) in [6.45, 7) is 5.37. The Morgan fingerprint density at radius 1 is 1.19 bits per heavy atom. The second-order valence-corrected chi connectivity index (χ2v) is 8.94. The van der Waals surface area contributed by atoms with E-state index in [9.17, 15) is 0 Å². The van der Waals surface area contributed by atoms with Crippen molar-refractivity contribution in [1.82, 2.24) is 4.90 Å². The molecule has 2 unspecified atom stereocenters. The summed E-state index contributed by atoms with van der Waals surface area (Å²) < 4.78 is 0. The fourth-order valence-electron chi connectivity index (χ4n) is 4.72. The van der Waals surface area contributed by atoms with Gasteiger partial charge in [0.25, 0.3) is 0 Å². The van der Waals surface area contributed by atoms with Crippen molar-refractivity contribution in [3.63, 3.8) is 0 Å². The summed E-state index contributed by atoms with van der Waals surface area (Å²) in [4.78, 5) is 4.08. The molecule has 0 radical (unpaired) electrons. The number of nitrogen functional groups attached to an aromatic ring is 1. The first kappa shape index (κ1) is 16.1. The molecule has 26 heavy (non-hydrogen) atoms. The molecule has 0 fully saturated rings. The second kappa shape index (κ2) is 6.26. The van der Waals surface area contributed by atoms with E-state index < -0.39 is 0 Å². The minimum atomic E-state index is 0.520. The van der Waals surface area contributed by atoms with E-state index in [1.165, 1.54) is 39.1 Å². The normalized spacial score (nSPS) is 24.3. The van der Waals surface area contributed by atoms with Gasteiger partial charge in [-0.05, 0) is 42.0 Å². The highest BCUT2D eigenvalue weighted by molar-refractivity contribution is 7.16. The number of thiophene rings is 1. The molecule has 2 aromatic rings. The van der Waals surface area contributed by atoms with Crippen LogP contribution < -0.4 is 5.73 Å². The zero-order chi connectivity index (χ0) is 17.7. The number of nitrogens with two attached hydrogens (primary N) is 1. The number of fused-ring (bicyclic) bond motifs is 1. The third-order valence-electron chi connectivity index (χ3n) is 5.87. The largest absolute Gasteiger partial charge is 0.390 e. The molecule has 0 spiro atoms. The fourth-order valence-corrected chi connectivity index (χ4v) is 5.90. The number of anilines is 1. The highest BCUT2D eigenvalue weighted by Crippen LogP contribution is 2.48. The van der Waals surface area contributed by atoms with Crippen LogP contribution in [0, 0.1) is 5.92 Å². The van der Waals surface area contributed by atoms with Crippen molar-refractivity contribution in [1.29, 1.82) is 0 Å². The molecular weight excluding hydrogens is 336 g/mol. The van der Waals surface area contributed by atoms with Gasteiger partial charge in [-0.1, -0.05) is 54.1 Å². The lowest BCUT2D eigenvalue weighted by atomic mass is 9.82. The van der Waals surface area contributed by atoms with Crippen molar-refractivity contribution < 1.29 is 0 Å². The lowest BCUT2D eigenvalue weighted by Gasteiger charge is -2.34. The molecule has 2 atom stereocenters. The molecule has 1 aromatic heterocycles. The van der Waals surface area contributed by atoms with Gasteiger partial charge in [-0.25, -0.2) is 0 Å². The van der Waals surface area contributed by atoms with E-state index in [0.29, 0.717) is 11.8 Å². The first-order valence-corrected chi connectivity index (χ1v) is 10.2. The van der Waals surface area contributed by atoms with Crippen molar-refractivity contribution >= 4 is 22.4 Å². The van der Waals surface area contributed by atoms with Gasteiger partial charge < -0.3 is 5.73 Å². The Morgan fingerprint density at radius 3 is 2.88 bits per heavy atom. The lowest BCUT2D eigenvalue weighted by Crippen LogP contribution is -2.33. The van der Waals surface area contributed by atoms with Crippen LogP contribution in [0.4, 0.5) is 5.00 Å². The smallest absolute Gasteiger partial charge is 0.0936 e. The molecule has 1 aromatic carbocycles. The predicted molar refractivity (Wildman–Crippen MR) is 111 cm³/mol. The summed E-state index contributed by atoms with van der Waals surface area (Å²) in [5.74, 6) is 1.09. The van der Waals surface area contributed by atoms with E-state index in [0.717, 1.165) is 24.6 Å². The van der Waals surface area contributed by atoms with Crippen LogP contribution in [0.3, 0.4) is 0 Å². The Balaban J connectivity index is 1.51. The van der Waals surface area contributed by atoms with Gasteiger partial charge in [-0.15, -0.1) is 11.3 Å². The molecular formula is C23H24N2S. The van der Waals surface area contributed by atoms with Crippen molar-refractivity contribution in [2.75, 3.05) is 12.3 Å². The van der Waals surface area contributed by atoms with Gasteiger partial charge in [0, 0.05) is 36.0 Å². The van der Waals surface area contributed by atoms with Gasteiger partial charge in [-0.2, -0.15) is 0 Å². The average Bonchev–Trinajstić information content (AvgIpc) is 2.83. The van der Waals surface area contributed by atoms with Crippen LogP contribution in [0.25, 0.3) is 6.08 Å². The van der Waals surface area contributed by atoms with Gasteiger partial charge in [0.2, 0.25) is 0 Å². The van der Waals surface area contributed by atoms with Crippen LogP contribution >= 0.6 is 11.3 Å². The predicted octanol–water partition coefficient (Wildman–Crippen LogP) is 5.35. The summed E-state index contributed by atoms with van der Waals surface area (Å²) >= 11 is 1.80. The summed E-state index contributed by atoms with van der Waals surface area (Å²) in [6.07, 6.45) is 10.5. The standard InChI is InChI=1S/C23H24N2S/c1-15-7-8-17-11-20-22-19(10-18(17)9-15)13-25(14-21(22)26-23(20)24)12-16-5-3-2-4-6-16/h2-9,11,18-19H,10,12-14,24H2,1H3. The molecule has 0 saturated heterocycles. The van der Waals surface area contributed by atoms with E-state index in [1.807, 2.05) is 0 Å². The minimum absolute atomic E-state index is 0.520. The summed E-state index contributed by atoms with van der Waals surface area (Å²) in [7, 11) is 0. The molecule has 1 aliphatic heterocycles. The lowest BCUT2D eigenvalue weighted by molar-refractivity contribution is 0.217. The maximum Gasteiger partial charge on any atom is 0.0936 e. The van der Waals surface area contributed by atoms with Gasteiger partial charge in [0.1, 0.15) is 0 Å². The van der Waals surface area contributed by atoms with Crippen LogP contribution in [0.15, 0.2) is 59.7 Å². The fraction of sp³-hybridized carbons (Fsp3) is 0.304. The molecule has 0 bridgehead atoms. The Bertz CT molecular complexity index is 933. The van der Waals surface area contributed by atoms with Gasteiger partial charge in [0.05, 0.1) is 5.00 Å². The molecule has 2 aliphatic carbocycles. The van der Waals surface area contributed by atoms with E-state index in [4.69, 9.17) is 5.73 Å². The third kappa shape index (κ3) is 2.76. The summed E-state index contributed by atoms with van der Waals surface area (Å²) in [5, 5.41) is 0.995. The Hall–Kier alpha value is -2.10. The van der Waals surface area contributed by atoms with E-state index >= 15 is 0 Å². The third-order valence-corrected chi connectivity index (χ3v) is 6.91. The van der Waals surface area contributed by atoms with Crippen molar-refractivity contribution in [3.8, 4) is 0 Å². The van der Waals surface area contributed by atoms with Crippen molar-refractivity contribution in [3.05, 3.63) is 81.3 Å². The molecule has 0 amide bonds. The van der Waals surface area contributed by atoms with Crippen molar-refractivity contribution in [2.45, 2.75) is 32.4 Å². The van der Waals surface area contributed by atoms with Crippen LogP contribution in [0.5, 0.6) is 0 Å². The SMILES string of the molecule is CC1=CC2CC3CN(Cc4ccccc4)Cc4sc(N)c(c43)C=C2C=C1. The molecule has 3 aliphatic rings. The number of benzene rings is 1. The zero-order valence-electron chi connectivity index (χ0n) is 15.1. The number of nitrogens with zero attached hydrogens (tertiary/aromatic N) is 1. The van der Waals surface area contributed by atoms with Gasteiger partial charge in [0.15, 0.2) is 0 Å². The molecule has 132 valence electrons. The minimum Gasteiger partial charge on any atom is -0.390 e. The molecule has 5 rings (SSSR count). The number of rotatable bonds is 2. The van der Waals surface area contributed by atoms with Gasteiger partial charge >= 0.3 is 0 Å².